The van der Waals surface area contributed by atoms with Crippen molar-refractivity contribution in [3.8, 4) is 11.3 Å². The molecule has 3 aromatic rings. The number of nitrogens with zero attached hydrogens (tertiary/aromatic N) is 2. The van der Waals surface area contributed by atoms with Gasteiger partial charge >= 0.3 is 0 Å². The van der Waals surface area contributed by atoms with E-state index < -0.39 is 0 Å². The van der Waals surface area contributed by atoms with Crippen LogP contribution in [0.25, 0.3) is 22.0 Å². The summed E-state index contributed by atoms with van der Waals surface area (Å²) in [5.74, 6) is 0.156. The van der Waals surface area contributed by atoms with E-state index in [2.05, 4.69) is 28.2 Å². The van der Waals surface area contributed by atoms with Gasteiger partial charge in [0.25, 0.3) is 0 Å². The van der Waals surface area contributed by atoms with Crippen molar-refractivity contribution in [3.05, 3.63) is 60.0 Å². The maximum atomic E-state index is 11.5. The Morgan fingerprint density at radius 2 is 1.75 bits per heavy atom. The molecular formula is C17H14N2O. The van der Waals surface area contributed by atoms with Crippen LogP contribution in [-0.4, -0.2) is 15.8 Å². The van der Waals surface area contributed by atoms with Gasteiger partial charge < -0.3 is 0 Å². The molecule has 98 valence electrons. The van der Waals surface area contributed by atoms with Crippen molar-refractivity contribution in [3.63, 3.8) is 0 Å². The normalized spacial score (nSPS) is 10.7. The fourth-order valence-corrected chi connectivity index (χ4v) is 2.31. The van der Waals surface area contributed by atoms with Gasteiger partial charge in [0, 0.05) is 18.2 Å². The Kier molecular flexibility index (Phi) is 3.03. The molecule has 0 aliphatic carbocycles. The van der Waals surface area contributed by atoms with E-state index in [0.717, 1.165) is 27.7 Å². The quantitative estimate of drug-likeness (QED) is 0.659. The van der Waals surface area contributed by atoms with E-state index in [9.17, 15) is 4.79 Å². The van der Waals surface area contributed by atoms with Crippen LogP contribution in [0.4, 0.5) is 0 Å². The monoisotopic (exact) mass is 262 g/mol. The van der Waals surface area contributed by atoms with E-state index in [1.807, 2.05) is 37.3 Å². The topological polar surface area (TPSA) is 42.9 Å². The Morgan fingerprint density at radius 1 is 1.00 bits per heavy atom. The van der Waals surface area contributed by atoms with E-state index in [-0.39, 0.29) is 11.6 Å². The highest BCUT2D eigenvalue weighted by atomic mass is 16.1. The van der Waals surface area contributed by atoms with Crippen LogP contribution in [0.2, 0.25) is 0 Å². The summed E-state index contributed by atoms with van der Waals surface area (Å²) in [7, 11) is 0. The number of carbonyl (C=O) groups is 1. The second-order valence-corrected chi connectivity index (χ2v) is 4.80. The van der Waals surface area contributed by atoms with E-state index in [4.69, 9.17) is 0 Å². The molecule has 0 N–H and O–H groups in total. The Hall–Kier alpha value is -2.55. The summed E-state index contributed by atoms with van der Waals surface area (Å²) in [6.45, 7) is 3.37. The average molecular weight is 262 g/mol. The zero-order valence-electron chi connectivity index (χ0n) is 11.4. The number of hydrogen-bond donors (Lipinski definition) is 0. The average Bonchev–Trinajstić information content (AvgIpc) is 2.46. The van der Waals surface area contributed by atoms with Gasteiger partial charge in [-0.1, -0.05) is 42.5 Å². The molecule has 20 heavy (non-hydrogen) atoms. The number of fused-ring (bicyclic) bond motifs is 1. The molecule has 3 heteroatoms. The summed E-state index contributed by atoms with van der Waals surface area (Å²) in [5, 5.41) is 2.29. The lowest BCUT2D eigenvalue weighted by Gasteiger charge is -2.08. The summed E-state index contributed by atoms with van der Waals surface area (Å²) in [6.07, 6.45) is 0. The molecule has 0 spiro atoms. The van der Waals surface area contributed by atoms with Crippen molar-refractivity contribution >= 4 is 16.6 Å². The number of rotatable bonds is 2. The molecule has 0 amide bonds. The Labute approximate surface area is 117 Å². The third-order valence-corrected chi connectivity index (χ3v) is 3.23. The minimum absolute atomic E-state index is 0.116. The summed E-state index contributed by atoms with van der Waals surface area (Å²) < 4.78 is 0. The van der Waals surface area contributed by atoms with E-state index >= 15 is 0 Å². The Morgan fingerprint density at radius 3 is 2.55 bits per heavy atom. The molecule has 0 saturated carbocycles. The fraction of sp³-hybridized carbons (Fsp3) is 0.118. The van der Waals surface area contributed by atoms with Crippen LogP contribution in [0.1, 0.15) is 23.2 Å². The maximum Gasteiger partial charge on any atom is 0.196 e. The van der Waals surface area contributed by atoms with Gasteiger partial charge in [-0.05, 0) is 23.8 Å². The summed E-state index contributed by atoms with van der Waals surface area (Å²) in [5.41, 5.74) is 2.61. The molecule has 1 heterocycles. The molecule has 0 atom stereocenters. The van der Waals surface area contributed by atoms with E-state index in [1.165, 1.54) is 6.92 Å². The summed E-state index contributed by atoms with van der Waals surface area (Å²) >= 11 is 0. The Balaban J connectivity index is 2.28. The molecule has 0 bridgehead atoms. The number of hydrogen-bond acceptors (Lipinski definition) is 3. The fourth-order valence-electron chi connectivity index (χ4n) is 2.31. The predicted molar refractivity (Wildman–Crippen MR) is 79.7 cm³/mol. The highest BCUT2D eigenvalue weighted by Crippen LogP contribution is 2.27. The third-order valence-electron chi connectivity index (χ3n) is 3.23. The van der Waals surface area contributed by atoms with Gasteiger partial charge in [-0.15, -0.1) is 0 Å². The molecule has 2 aromatic carbocycles. The lowest BCUT2D eigenvalue weighted by molar-refractivity contribution is 0.100. The molecular weight excluding hydrogens is 248 g/mol. The molecule has 0 fully saturated rings. The van der Waals surface area contributed by atoms with Crippen LogP contribution in [0, 0.1) is 6.92 Å². The lowest BCUT2D eigenvalue weighted by atomic mass is 10.0. The first-order valence-electron chi connectivity index (χ1n) is 6.50. The predicted octanol–water partition coefficient (Wildman–Crippen LogP) is 3.81. The van der Waals surface area contributed by atoms with Gasteiger partial charge in [0.2, 0.25) is 0 Å². The molecule has 0 radical (unpaired) electrons. The van der Waals surface area contributed by atoms with Crippen molar-refractivity contribution < 1.29 is 4.79 Å². The number of aromatic nitrogens is 2. The third kappa shape index (κ3) is 2.18. The molecule has 1 aromatic heterocycles. The van der Waals surface area contributed by atoms with Gasteiger partial charge in [-0.2, -0.15) is 0 Å². The van der Waals surface area contributed by atoms with Gasteiger partial charge in [-0.25, -0.2) is 9.97 Å². The van der Waals surface area contributed by atoms with Crippen LogP contribution in [0.15, 0.2) is 48.5 Å². The van der Waals surface area contributed by atoms with Crippen LogP contribution in [0.3, 0.4) is 0 Å². The maximum absolute atomic E-state index is 11.5. The molecule has 0 unspecified atom stereocenters. The van der Waals surface area contributed by atoms with Crippen LogP contribution in [0.5, 0.6) is 0 Å². The van der Waals surface area contributed by atoms with Crippen LogP contribution >= 0.6 is 0 Å². The standard InChI is InChI=1S/C17H14N2O/c1-11-10-16(19-17(18-11)12(2)20)15-9-5-7-13-6-3-4-8-14(13)15/h3-10H,1-2H3. The summed E-state index contributed by atoms with van der Waals surface area (Å²) in [4.78, 5) is 20.1. The number of aryl methyl sites for hydroxylation is 1. The SMILES string of the molecule is CC(=O)c1nc(C)cc(-c2cccc3ccccc23)n1. The molecule has 3 rings (SSSR count). The van der Waals surface area contributed by atoms with Crippen molar-refractivity contribution in [2.24, 2.45) is 0 Å². The molecule has 0 saturated heterocycles. The number of carbonyl (C=O) groups excluding carboxylic acids is 1. The molecule has 0 aliphatic heterocycles. The highest BCUT2D eigenvalue weighted by Gasteiger charge is 2.10. The number of Topliss-reactive ketones (excluding diaryl/α,β-unsaturated/α-hetero) is 1. The second-order valence-electron chi connectivity index (χ2n) is 4.80. The zero-order valence-corrected chi connectivity index (χ0v) is 11.4. The first-order valence-corrected chi connectivity index (χ1v) is 6.50. The van der Waals surface area contributed by atoms with Crippen molar-refractivity contribution in [2.45, 2.75) is 13.8 Å². The number of ketones is 1. The van der Waals surface area contributed by atoms with Gasteiger partial charge in [0.05, 0.1) is 5.69 Å². The van der Waals surface area contributed by atoms with Crippen LogP contribution in [-0.2, 0) is 0 Å². The first kappa shape index (κ1) is 12.5. The van der Waals surface area contributed by atoms with Crippen molar-refractivity contribution in [2.75, 3.05) is 0 Å². The Bertz CT molecular complexity index is 804. The van der Waals surface area contributed by atoms with Crippen molar-refractivity contribution in [1.29, 1.82) is 0 Å². The largest absolute Gasteiger partial charge is 0.291 e. The first-order chi connectivity index (χ1) is 9.65. The minimum Gasteiger partial charge on any atom is -0.291 e. The lowest BCUT2D eigenvalue weighted by Crippen LogP contribution is -2.03. The van der Waals surface area contributed by atoms with E-state index in [1.54, 1.807) is 0 Å². The van der Waals surface area contributed by atoms with Crippen molar-refractivity contribution in [1.82, 2.24) is 9.97 Å². The number of benzene rings is 2. The second kappa shape index (κ2) is 4.85. The summed E-state index contributed by atoms with van der Waals surface area (Å²) in [6, 6.07) is 16.2. The van der Waals surface area contributed by atoms with Crippen LogP contribution < -0.4 is 0 Å². The molecule has 0 aliphatic rings. The van der Waals surface area contributed by atoms with E-state index in [0.29, 0.717) is 0 Å². The zero-order chi connectivity index (χ0) is 14.1. The minimum atomic E-state index is -0.116. The highest BCUT2D eigenvalue weighted by molar-refractivity contribution is 5.96. The van der Waals surface area contributed by atoms with Gasteiger partial charge in [-0.3, -0.25) is 4.79 Å². The van der Waals surface area contributed by atoms with Gasteiger partial charge in [0.1, 0.15) is 0 Å². The van der Waals surface area contributed by atoms with Gasteiger partial charge in [0.15, 0.2) is 11.6 Å². The molecule has 3 nitrogen and oxygen atoms in total. The smallest absolute Gasteiger partial charge is 0.196 e.